The summed E-state index contributed by atoms with van der Waals surface area (Å²) in [5.41, 5.74) is 0.950. The number of aromatic nitrogens is 3. The van der Waals surface area contributed by atoms with Crippen LogP contribution in [0.1, 0.15) is 25.6 Å². The molecule has 0 aromatic carbocycles. The third kappa shape index (κ3) is 1.32. The Morgan fingerprint density at radius 2 is 2.14 bits per heavy atom. The van der Waals surface area contributed by atoms with Crippen LogP contribution in [0.4, 0.5) is 0 Å². The molecule has 4 nitrogen and oxygen atoms in total. The van der Waals surface area contributed by atoms with E-state index in [0.717, 1.165) is 17.2 Å². The molecule has 14 heavy (non-hydrogen) atoms. The van der Waals surface area contributed by atoms with E-state index in [1.165, 1.54) is 0 Å². The first-order chi connectivity index (χ1) is 6.72. The van der Waals surface area contributed by atoms with Crippen molar-refractivity contribution in [1.82, 2.24) is 14.6 Å². The van der Waals surface area contributed by atoms with E-state index in [2.05, 4.69) is 23.9 Å². The second kappa shape index (κ2) is 3.29. The van der Waals surface area contributed by atoms with E-state index in [9.17, 15) is 0 Å². The van der Waals surface area contributed by atoms with Crippen LogP contribution in [-0.2, 0) is 0 Å². The third-order valence-electron chi connectivity index (χ3n) is 2.11. The molecule has 0 aliphatic rings. The van der Waals surface area contributed by atoms with Gasteiger partial charge in [0.15, 0.2) is 5.82 Å². The molecule has 0 fully saturated rings. The van der Waals surface area contributed by atoms with E-state index >= 15 is 0 Å². The van der Waals surface area contributed by atoms with Crippen molar-refractivity contribution in [3.05, 3.63) is 24.2 Å². The summed E-state index contributed by atoms with van der Waals surface area (Å²) >= 11 is 0. The van der Waals surface area contributed by atoms with Gasteiger partial charge in [-0.25, -0.2) is 4.98 Å². The second-order valence-electron chi connectivity index (χ2n) is 3.48. The maximum Gasteiger partial charge on any atom is 0.214 e. The Morgan fingerprint density at radius 3 is 2.79 bits per heavy atom. The lowest BCUT2D eigenvalue weighted by Gasteiger charge is -2.04. The van der Waals surface area contributed by atoms with Crippen LogP contribution in [0.2, 0.25) is 0 Å². The first-order valence-corrected chi connectivity index (χ1v) is 4.61. The van der Waals surface area contributed by atoms with Crippen LogP contribution in [0.15, 0.2) is 18.3 Å². The minimum atomic E-state index is 0.325. The van der Waals surface area contributed by atoms with Gasteiger partial charge in [-0.2, -0.15) is 4.52 Å². The molecule has 0 spiro atoms. The molecule has 0 saturated heterocycles. The van der Waals surface area contributed by atoms with Crippen molar-refractivity contribution in [3.8, 4) is 5.88 Å². The molecule has 2 rings (SSSR count). The lowest BCUT2D eigenvalue weighted by Crippen LogP contribution is -2.03. The zero-order valence-corrected chi connectivity index (χ0v) is 8.56. The van der Waals surface area contributed by atoms with Crippen molar-refractivity contribution in [2.24, 2.45) is 0 Å². The highest BCUT2D eigenvalue weighted by atomic mass is 16.5. The largest absolute Gasteiger partial charge is 0.481 e. The quantitative estimate of drug-likeness (QED) is 0.727. The molecule has 0 aliphatic heterocycles. The van der Waals surface area contributed by atoms with Gasteiger partial charge in [0, 0.05) is 12.0 Å². The first kappa shape index (κ1) is 8.99. The van der Waals surface area contributed by atoms with Crippen LogP contribution in [0.25, 0.3) is 5.52 Å². The van der Waals surface area contributed by atoms with E-state index in [-0.39, 0.29) is 0 Å². The van der Waals surface area contributed by atoms with Crippen molar-refractivity contribution in [2.45, 2.75) is 19.8 Å². The number of nitrogens with zero attached hydrogens (tertiary/aromatic N) is 3. The third-order valence-corrected chi connectivity index (χ3v) is 2.11. The predicted octanol–water partition coefficient (Wildman–Crippen LogP) is 1.86. The van der Waals surface area contributed by atoms with Crippen LogP contribution in [-0.4, -0.2) is 21.7 Å². The molecule has 0 aliphatic carbocycles. The lowest BCUT2D eigenvalue weighted by atomic mass is 10.2. The van der Waals surface area contributed by atoms with Crippen molar-refractivity contribution in [2.75, 3.05) is 7.11 Å². The molecule has 0 amide bonds. The molecule has 2 aromatic heterocycles. The van der Waals surface area contributed by atoms with Gasteiger partial charge in [0.25, 0.3) is 0 Å². The molecule has 2 aromatic rings. The van der Waals surface area contributed by atoms with Crippen LogP contribution in [0.5, 0.6) is 5.88 Å². The predicted molar refractivity (Wildman–Crippen MR) is 53.6 cm³/mol. The van der Waals surface area contributed by atoms with Gasteiger partial charge in [0.05, 0.1) is 18.8 Å². The van der Waals surface area contributed by atoms with Crippen molar-refractivity contribution < 1.29 is 4.74 Å². The highest BCUT2D eigenvalue weighted by molar-refractivity contribution is 5.48. The van der Waals surface area contributed by atoms with Crippen LogP contribution in [0.3, 0.4) is 0 Å². The molecular formula is C10H13N3O. The molecular weight excluding hydrogens is 178 g/mol. The Bertz CT molecular complexity index is 448. The monoisotopic (exact) mass is 191 g/mol. The normalized spacial score (nSPS) is 11.1. The average Bonchev–Trinajstić information content (AvgIpc) is 2.59. The number of hydrogen-bond donors (Lipinski definition) is 0. The number of ether oxygens (including phenoxy) is 1. The average molecular weight is 191 g/mol. The van der Waals surface area contributed by atoms with Crippen LogP contribution in [0, 0.1) is 0 Å². The Labute approximate surface area is 82.5 Å². The molecule has 0 radical (unpaired) electrons. The maximum absolute atomic E-state index is 5.17. The maximum atomic E-state index is 5.17. The minimum absolute atomic E-state index is 0.325. The Balaban J connectivity index is 2.61. The lowest BCUT2D eigenvalue weighted by molar-refractivity contribution is 0.386. The molecule has 0 N–H and O–H groups in total. The summed E-state index contributed by atoms with van der Waals surface area (Å²) in [6.45, 7) is 4.13. The molecule has 0 bridgehead atoms. The van der Waals surface area contributed by atoms with Crippen molar-refractivity contribution in [1.29, 1.82) is 0 Å². The van der Waals surface area contributed by atoms with Gasteiger partial charge < -0.3 is 4.74 Å². The fourth-order valence-corrected chi connectivity index (χ4v) is 1.31. The summed E-state index contributed by atoms with van der Waals surface area (Å²) < 4.78 is 6.94. The summed E-state index contributed by atoms with van der Waals surface area (Å²) in [4.78, 5) is 4.27. The van der Waals surface area contributed by atoms with Gasteiger partial charge >= 0.3 is 0 Å². The minimum Gasteiger partial charge on any atom is -0.481 e. The summed E-state index contributed by atoms with van der Waals surface area (Å²) in [7, 11) is 1.64. The summed E-state index contributed by atoms with van der Waals surface area (Å²) in [6, 6.07) is 3.82. The van der Waals surface area contributed by atoms with Crippen molar-refractivity contribution >= 4 is 5.52 Å². The number of rotatable bonds is 2. The van der Waals surface area contributed by atoms with Gasteiger partial charge in [-0.15, -0.1) is 5.10 Å². The van der Waals surface area contributed by atoms with Gasteiger partial charge in [0.2, 0.25) is 5.88 Å². The second-order valence-corrected chi connectivity index (χ2v) is 3.48. The molecule has 0 unspecified atom stereocenters. The smallest absolute Gasteiger partial charge is 0.214 e. The molecule has 0 saturated carbocycles. The SMILES string of the molecule is COc1ccc2cnc(C(C)C)nn12. The topological polar surface area (TPSA) is 39.4 Å². The number of hydrogen-bond acceptors (Lipinski definition) is 3. The number of fused-ring (bicyclic) bond motifs is 1. The van der Waals surface area contributed by atoms with E-state index in [0.29, 0.717) is 5.92 Å². The Kier molecular flexibility index (Phi) is 2.11. The fraction of sp³-hybridized carbons (Fsp3) is 0.400. The van der Waals surface area contributed by atoms with Crippen LogP contribution < -0.4 is 4.74 Å². The highest BCUT2D eigenvalue weighted by Gasteiger charge is 2.07. The standard InChI is InChI=1S/C10H13N3O/c1-7(2)10-11-6-8-4-5-9(14-3)13(8)12-10/h4-7H,1-3H3. The zero-order chi connectivity index (χ0) is 10.1. The first-order valence-electron chi connectivity index (χ1n) is 4.61. The zero-order valence-electron chi connectivity index (χ0n) is 8.56. The van der Waals surface area contributed by atoms with E-state index < -0.39 is 0 Å². The van der Waals surface area contributed by atoms with Crippen LogP contribution >= 0.6 is 0 Å². The fourth-order valence-electron chi connectivity index (χ4n) is 1.31. The molecule has 2 heterocycles. The number of methoxy groups -OCH3 is 1. The van der Waals surface area contributed by atoms with E-state index in [1.807, 2.05) is 18.3 Å². The molecule has 0 atom stereocenters. The Morgan fingerprint density at radius 1 is 1.36 bits per heavy atom. The van der Waals surface area contributed by atoms with Gasteiger partial charge in [-0.3, -0.25) is 0 Å². The van der Waals surface area contributed by atoms with E-state index in [4.69, 9.17) is 4.74 Å². The molecule has 4 heteroatoms. The molecule has 74 valence electrons. The van der Waals surface area contributed by atoms with Gasteiger partial charge in [-0.05, 0) is 6.07 Å². The van der Waals surface area contributed by atoms with E-state index in [1.54, 1.807) is 11.6 Å². The van der Waals surface area contributed by atoms with Crippen molar-refractivity contribution in [3.63, 3.8) is 0 Å². The van der Waals surface area contributed by atoms with Gasteiger partial charge in [0.1, 0.15) is 0 Å². The Hall–Kier alpha value is -1.58. The van der Waals surface area contributed by atoms with Gasteiger partial charge in [-0.1, -0.05) is 13.8 Å². The summed E-state index contributed by atoms with van der Waals surface area (Å²) in [6.07, 6.45) is 1.81. The summed E-state index contributed by atoms with van der Waals surface area (Å²) in [5.74, 6) is 1.89. The summed E-state index contributed by atoms with van der Waals surface area (Å²) in [5, 5.41) is 4.39. The highest BCUT2D eigenvalue weighted by Crippen LogP contribution is 2.16.